The number of ketones is 1. The summed E-state index contributed by atoms with van der Waals surface area (Å²) in [6.07, 6.45) is 5.87. The SMILES string of the molecule is CC(=O)O[C@@H]([C@H]1C[C@@H](C)C2C(O1)C(=O)C1[C@H](CCC3C(C)CC[C@H](O)C3(C)C)CCC[C@@]12C)C(C)(C)O. The second kappa shape index (κ2) is 10.2. The van der Waals surface area contributed by atoms with E-state index in [0.29, 0.717) is 24.2 Å². The lowest BCUT2D eigenvalue weighted by molar-refractivity contribution is -0.207. The van der Waals surface area contributed by atoms with Gasteiger partial charge in [0.15, 0.2) is 11.9 Å². The van der Waals surface area contributed by atoms with Gasteiger partial charge in [-0.3, -0.25) is 9.59 Å². The van der Waals surface area contributed by atoms with E-state index in [1.807, 2.05) is 0 Å². The molecular weight excluding hydrogens is 468 g/mol. The van der Waals surface area contributed by atoms with Gasteiger partial charge in [0.25, 0.3) is 0 Å². The van der Waals surface area contributed by atoms with Crippen molar-refractivity contribution in [2.24, 2.45) is 46.3 Å². The smallest absolute Gasteiger partial charge is 0.303 e. The average Bonchev–Trinajstić information content (AvgIpc) is 3.01. The fourth-order valence-corrected chi connectivity index (χ4v) is 9.48. The molecule has 4 fully saturated rings. The number of hydrogen-bond acceptors (Lipinski definition) is 6. The first kappa shape index (κ1) is 29.0. The van der Waals surface area contributed by atoms with Crippen molar-refractivity contribution in [1.82, 2.24) is 0 Å². The van der Waals surface area contributed by atoms with E-state index in [9.17, 15) is 19.8 Å². The van der Waals surface area contributed by atoms with Crippen LogP contribution in [0.5, 0.6) is 0 Å². The largest absolute Gasteiger partial charge is 0.457 e. The molecule has 0 amide bonds. The standard InChI is InChI=1S/C31H52O6/c1-17-11-14-23(33)29(4,5)21(17)13-12-20-10-9-15-31(8)24-18(2)16-22(37-27(24)26(34)25(20)31)28(30(6,7)35)36-19(3)32/h17-18,20-25,27-28,33,35H,9-16H2,1-8H3/t17?,18-,20+,21?,22-,23+,24?,25?,27?,28+,31-/m1/s1. The van der Waals surface area contributed by atoms with E-state index in [1.54, 1.807) is 13.8 Å². The Morgan fingerprint density at radius 1 is 1.14 bits per heavy atom. The number of carbonyl (C=O) groups is 2. The first-order valence-electron chi connectivity index (χ1n) is 14.9. The molecule has 5 unspecified atom stereocenters. The van der Waals surface area contributed by atoms with E-state index in [4.69, 9.17) is 9.47 Å². The molecule has 3 aliphatic carbocycles. The highest BCUT2D eigenvalue weighted by Gasteiger charge is 2.65. The van der Waals surface area contributed by atoms with Gasteiger partial charge in [-0.15, -0.1) is 0 Å². The van der Waals surface area contributed by atoms with E-state index in [2.05, 4.69) is 34.6 Å². The van der Waals surface area contributed by atoms with Crippen molar-refractivity contribution in [3.05, 3.63) is 0 Å². The topological polar surface area (TPSA) is 93.1 Å². The van der Waals surface area contributed by atoms with Gasteiger partial charge >= 0.3 is 5.97 Å². The molecule has 6 nitrogen and oxygen atoms in total. The molecule has 0 radical (unpaired) electrons. The van der Waals surface area contributed by atoms with Crippen molar-refractivity contribution in [2.45, 2.75) is 137 Å². The zero-order valence-electron chi connectivity index (χ0n) is 24.5. The molecule has 3 saturated carbocycles. The Hall–Kier alpha value is -0.980. The monoisotopic (exact) mass is 520 g/mol. The first-order chi connectivity index (χ1) is 17.1. The summed E-state index contributed by atoms with van der Waals surface area (Å²) in [4.78, 5) is 26.0. The molecule has 1 heterocycles. The van der Waals surface area contributed by atoms with Crippen LogP contribution < -0.4 is 0 Å². The number of rotatable bonds is 6. The molecule has 11 atom stereocenters. The summed E-state index contributed by atoms with van der Waals surface area (Å²) >= 11 is 0. The quantitative estimate of drug-likeness (QED) is 0.461. The summed E-state index contributed by atoms with van der Waals surface area (Å²) in [6.45, 7) is 15.9. The zero-order valence-corrected chi connectivity index (χ0v) is 24.5. The van der Waals surface area contributed by atoms with E-state index < -0.39 is 29.9 Å². The van der Waals surface area contributed by atoms with Crippen LogP contribution in [-0.2, 0) is 19.1 Å². The van der Waals surface area contributed by atoms with Crippen molar-refractivity contribution < 1.29 is 29.3 Å². The number of Topliss-reactive ketones (excluding diaryl/α,β-unsaturated/α-hetero) is 1. The van der Waals surface area contributed by atoms with Gasteiger partial charge in [-0.05, 0) is 93.3 Å². The predicted octanol–water partition coefficient (Wildman–Crippen LogP) is 5.32. The summed E-state index contributed by atoms with van der Waals surface area (Å²) in [7, 11) is 0. The maximum absolute atomic E-state index is 14.1. The van der Waals surface area contributed by atoms with E-state index >= 15 is 0 Å². The molecule has 4 rings (SSSR count). The second-order valence-electron chi connectivity index (χ2n) is 14.6. The second-order valence-corrected chi connectivity index (χ2v) is 14.6. The predicted molar refractivity (Wildman–Crippen MR) is 143 cm³/mol. The highest BCUT2D eigenvalue weighted by Crippen LogP contribution is 2.62. The third kappa shape index (κ3) is 5.16. The number of fused-ring (bicyclic) bond motifs is 3. The molecule has 212 valence electrons. The van der Waals surface area contributed by atoms with Gasteiger partial charge in [-0.1, -0.05) is 41.0 Å². The molecule has 1 aliphatic heterocycles. The summed E-state index contributed by atoms with van der Waals surface area (Å²) in [5, 5.41) is 21.5. The number of aliphatic hydroxyl groups excluding tert-OH is 1. The van der Waals surface area contributed by atoms with Gasteiger partial charge in [0.2, 0.25) is 0 Å². The molecular formula is C31H52O6. The molecule has 1 saturated heterocycles. The molecule has 0 aromatic heterocycles. The Morgan fingerprint density at radius 2 is 1.81 bits per heavy atom. The van der Waals surface area contributed by atoms with E-state index in [-0.39, 0.29) is 40.5 Å². The van der Waals surface area contributed by atoms with Crippen molar-refractivity contribution >= 4 is 11.8 Å². The molecule has 4 aliphatic rings. The molecule has 2 N–H and O–H groups in total. The minimum absolute atomic E-state index is 0.0151. The third-order valence-electron chi connectivity index (χ3n) is 11.3. The lowest BCUT2D eigenvalue weighted by Crippen LogP contribution is -2.55. The van der Waals surface area contributed by atoms with Crippen molar-refractivity contribution in [1.29, 1.82) is 0 Å². The maximum Gasteiger partial charge on any atom is 0.303 e. The Balaban J connectivity index is 1.55. The molecule has 0 spiro atoms. The lowest BCUT2D eigenvalue weighted by Gasteiger charge is -2.50. The highest BCUT2D eigenvalue weighted by molar-refractivity contribution is 5.90. The Labute approximate surface area is 224 Å². The van der Waals surface area contributed by atoms with Crippen LogP contribution in [0.25, 0.3) is 0 Å². The van der Waals surface area contributed by atoms with Crippen molar-refractivity contribution in [2.75, 3.05) is 0 Å². The lowest BCUT2D eigenvalue weighted by atomic mass is 9.56. The van der Waals surface area contributed by atoms with Crippen LogP contribution in [0, 0.1) is 46.3 Å². The van der Waals surface area contributed by atoms with Gasteiger partial charge < -0.3 is 19.7 Å². The number of carbonyl (C=O) groups excluding carboxylic acids is 2. The number of esters is 1. The van der Waals surface area contributed by atoms with Crippen LogP contribution in [-0.4, -0.2) is 52.0 Å². The third-order valence-corrected chi connectivity index (χ3v) is 11.3. The average molecular weight is 521 g/mol. The normalized spacial score (nSPS) is 44.6. The Bertz CT molecular complexity index is 860. The Kier molecular flexibility index (Phi) is 8.00. The van der Waals surface area contributed by atoms with Gasteiger partial charge in [0, 0.05) is 18.8 Å². The van der Waals surface area contributed by atoms with E-state index in [1.165, 1.54) is 6.92 Å². The molecule has 0 bridgehead atoms. The van der Waals surface area contributed by atoms with Gasteiger partial charge in [-0.2, -0.15) is 0 Å². The van der Waals surface area contributed by atoms with Crippen LogP contribution in [0.2, 0.25) is 0 Å². The zero-order chi connectivity index (χ0) is 27.5. The van der Waals surface area contributed by atoms with Crippen molar-refractivity contribution in [3.8, 4) is 0 Å². The van der Waals surface area contributed by atoms with Crippen LogP contribution in [0.4, 0.5) is 0 Å². The minimum atomic E-state index is -1.27. The number of ether oxygens (including phenoxy) is 2. The van der Waals surface area contributed by atoms with Crippen LogP contribution in [0.1, 0.15) is 107 Å². The first-order valence-corrected chi connectivity index (χ1v) is 14.9. The number of aliphatic hydroxyl groups is 2. The van der Waals surface area contributed by atoms with Crippen LogP contribution in [0.15, 0.2) is 0 Å². The fourth-order valence-electron chi connectivity index (χ4n) is 9.48. The molecule has 6 heteroatoms. The number of hydrogen-bond donors (Lipinski definition) is 2. The van der Waals surface area contributed by atoms with E-state index in [0.717, 1.165) is 44.9 Å². The summed E-state index contributed by atoms with van der Waals surface area (Å²) in [6, 6.07) is 0. The van der Waals surface area contributed by atoms with Gasteiger partial charge in [0.1, 0.15) is 6.10 Å². The summed E-state index contributed by atoms with van der Waals surface area (Å²) in [5.74, 6) is 1.52. The minimum Gasteiger partial charge on any atom is -0.457 e. The summed E-state index contributed by atoms with van der Waals surface area (Å²) in [5.41, 5.74) is -1.46. The Morgan fingerprint density at radius 3 is 2.43 bits per heavy atom. The molecule has 37 heavy (non-hydrogen) atoms. The van der Waals surface area contributed by atoms with Crippen LogP contribution in [0.3, 0.4) is 0 Å². The van der Waals surface area contributed by atoms with Gasteiger partial charge in [-0.25, -0.2) is 0 Å². The van der Waals surface area contributed by atoms with Crippen molar-refractivity contribution in [3.63, 3.8) is 0 Å². The van der Waals surface area contributed by atoms with Crippen LogP contribution >= 0.6 is 0 Å². The fraction of sp³-hybridized carbons (Fsp3) is 0.935. The van der Waals surface area contributed by atoms with Gasteiger partial charge in [0.05, 0.1) is 17.8 Å². The highest BCUT2D eigenvalue weighted by atomic mass is 16.6. The summed E-state index contributed by atoms with van der Waals surface area (Å²) < 4.78 is 12.1. The maximum atomic E-state index is 14.1. The molecule has 0 aromatic rings. The molecule has 0 aromatic carbocycles.